The molecule has 0 aliphatic carbocycles. The van der Waals surface area contributed by atoms with E-state index in [1.165, 1.54) is 12.4 Å². The first-order valence-electron chi connectivity index (χ1n) is 8.90. The smallest absolute Gasteiger partial charge is 0.325 e. The van der Waals surface area contributed by atoms with Gasteiger partial charge in [0.05, 0.1) is 25.6 Å². The number of nitrogens with one attached hydrogen (secondary N) is 1. The zero-order valence-electron chi connectivity index (χ0n) is 16.2. The highest BCUT2D eigenvalue weighted by Gasteiger charge is 2.14. The van der Waals surface area contributed by atoms with E-state index in [9.17, 15) is 9.59 Å². The number of amides is 1. The number of carbonyl (C=O) groups excluding carboxylic acids is 2. The van der Waals surface area contributed by atoms with E-state index in [0.29, 0.717) is 24.5 Å². The maximum Gasteiger partial charge on any atom is 0.325 e. The Labute approximate surface area is 169 Å². The molecular formula is C20H24ClN3O4. The van der Waals surface area contributed by atoms with Crippen molar-refractivity contribution in [1.29, 1.82) is 0 Å². The highest BCUT2D eigenvalue weighted by molar-refractivity contribution is 6.29. The van der Waals surface area contributed by atoms with Crippen LogP contribution < -0.4 is 10.1 Å². The van der Waals surface area contributed by atoms with Gasteiger partial charge in [0.25, 0.3) is 5.91 Å². The van der Waals surface area contributed by atoms with Gasteiger partial charge in [-0.3, -0.25) is 14.6 Å². The molecule has 1 aromatic carbocycles. The summed E-state index contributed by atoms with van der Waals surface area (Å²) in [6.45, 7) is 6.58. The number of ether oxygens (including phenoxy) is 2. The third-order valence-corrected chi connectivity index (χ3v) is 3.97. The lowest BCUT2D eigenvalue weighted by molar-refractivity contribution is -0.142. The van der Waals surface area contributed by atoms with E-state index < -0.39 is 5.97 Å². The van der Waals surface area contributed by atoms with Gasteiger partial charge in [-0.2, -0.15) is 4.98 Å². The summed E-state index contributed by atoms with van der Waals surface area (Å²) >= 11 is 5.70. The van der Waals surface area contributed by atoms with Gasteiger partial charge < -0.3 is 14.8 Å². The van der Waals surface area contributed by atoms with Crippen LogP contribution in [0.15, 0.2) is 36.7 Å². The molecule has 8 heteroatoms. The van der Waals surface area contributed by atoms with Crippen molar-refractivity contribution in [3.63, 3.8) is 0 Å². The van der Waals surface area contributed by atoms with Crippen molar-refractivity contribution < 1.29 is 19.1 Å². The lowest BCUT2D eigenvalue weighted by Gasteiger charge is -2.19. The summed E-state index contributed by atoms with van der Waals surface area (Å²) in [6, 6.07) is 7.32. The van der Waals surface area contributed by atoms with Crippen molar-refractivity contribution in [1.82, 2.24) is 15.3 Å². The number of rotatable bonds is 8. The van der Waals surface area contributed by atoms with Gasteiger partial charge in [0.1, 0.15) is 6.54 Å². The molecule has 0 saturated heterocycles. The van der Waals surface area contributed by atoms with E-state index in [4.69, 9.17) is 21.1 Å². The number of carbonyl (C=O) groups is 2. The summed E-state index contributed by atoms with van der Waals surface area (Å²) in [6.07, 6.45) is 3.33. The lowest BCUT2D eigenvalue weighted by atomic mass is 9.87. The van der Waals surface area contributed by atoms with E-state index in [1.54, 1.807) is 12.1 Å². The Kier molecular flexibility index (Phi) is 7.75. The normalized spacial score (nSPS) is 11.0. The van der Waals surface area contributed by atoms with Crippen molar-refractivity contribution in [3.8, 4) is 5.88 Å². The van der Waals surface area contributed by atoms with E-state index in [2.05, 4.69) is 36.1 Å². The number of nitrogens with zero attached hydrogens (tertiary/aromatic N) is 2. The molecule has 2 aromatic rings. The molecule has 0 aliphatic heterocycles. The fourth-order valence-corrected chi connectivity index (χ4v) is 2.38. The minimum atomic E-state index is -0.512. The standard InChI is InChI=1S/C20H24ClN3O4/c1-20(2,3)15-7-5-14(6-8-15)19(26)23-13-18(25)28-10-4-9-27-17-12-22-11-16(21)24-17/h5-8,11-12H,4,9-10,13H2,1-3H3,(H,23,26). The van der Waals surface area contributed by atoms with Gasteiger partial charge in [-0.1, -0.05) is 44.5 Å². The van der Waals surface area contributed by atoms with Crippen LogP contribution in [0.4, 0.5) is 0 Å². The second kappa shape index (κ2) is 10.0. The Morgan fingerprint density at radius 2 is 1.82 bits per heavy atom. The Morgan fingerprint density at radius 1 is 1.11 bits per heavy atom. The van der Waals surface area contributed by atoms with Crippen LogP contribution in [0.5, 0.6) is 5.88 Å². The summed E-state index contributed by atoms with van der Waals surface area (Å²) in [4.78, 5) is 31.6. The molecule has 28 heavy (non-hydrogen) atoms. The van der Waals surface area contributed by atoms with Gasteiger partial charge in [-0.05, 0) is 23.1 Å². The molecule has 0 aliphatic rings. The number of benzene rings is 1. The average Bonchev–Trinajstić information content (AvgIpc) is 2.65. The minimum absolute atomic E-state index is 0.0157. The topological polar surface area (TPSA) is 90.4 Å². The average molecular weight is 406 g/mol. The Balaban J connectivity index is 1.64. The van der Waals surface area contributed by atoms with Crippen LogP contribution in [0, 0.1) is 0 Å². The molecule has 150 valence electrons. The first-order valence-corrected chi connectivity index (χ1v) is 9.28. The SMILES string of the molecule is CC(C)(C)c1ccc(C(=O)NCC(=O)OCCCOc2cncc(Cl)n2)cc1. The molecule has 1 aromatic heterocycles. The highest BCUT2D eigenvalue weighted by atomic mass is 35.5. The molecule has 0 atom stereocenters. The zero-order chi connectivity index (χ0) is 20.6. The molecule has 0 unspecified atom stereocenters. The highest BCUT2D eigenvalue weighted by Crippen LogP contribution is 2.22. The van der Waals surface area contributed by atoms with E-state index in [1.807, 2.05) is 12.1 Å². The van der Waals surface area contributed by atoms with Crippen molar-refractivity contribution in [3.05, 3.63) is 52.9 Å². The van der Waals surface area contributed by atoms with Crippen LogP contribution in [0.3, 0.4) is 0 Å². The maximum atomic E-state index is 12.1. The van der Waals surface area contributed by atoms with Gasteiger partial charge >= 0.3 is 5.97 Å². The predicted molar refractivity (Wildman–Crippen MR) is 106 cm³/mol. The number of hydrogen-bond acceptors (Lipinski definition) is 6. The van der Waals surface area contributed by atoms with Crippen molar-refractivity contribution >= 4 is 23.5 Å². The summed E-state index contributed by atoms with van der Waals surface area (Å²) < 4.78 is 10.4. The third-order valence-electron chi connectivity index (χ3n) is 3.79. The van der Waals surface area contributed by atoms with Crippen molar-refractivity contribution in [2.24, 2.45) is 0 Å². The summed E-state index contributed by atoms with van der Waals surface area (Å²) in [5, 5.41) is 2.80. The second-order valence-corrected chi connectivity index (χ2v) is 7.50. The van der Waals surface area contributed by atoms with Gasteiger partial charge in [0.15, 0.2) is 5.15 Å². The third kappa shape index (κ3) is 7.15. The lowest BCUT2D eigenvalue weighted by Crippen LogP contribution is -2.31. The Hall–Kier alpha value is -2.67. The van der Waals surface area contributed by atoms with E-state index in [-0.39, 0.29) is 29.6 Å². The van der Waals surface area contributed by atoms with Crippen molar-refractivity contribution in [2.75, 3.05) is 19.8 Å². The van der Waals surface area contributed by atoms with Crippen LogP contribution in [-0.2, 0) is 14.9 Å². The van der Waals surface area contributed by atoms with E-state index in [0.717, 1.165) is 5.56 Å². The Morgan fingerprint density at radius 3 is 2.46 bits per heavy atom. The zero-order valence-corrected chi connectivity index (χ0v) is 17.0. The maximum absolute atomic E-state index is 12.1. The molecule has 0 spiro atoms. The summed E-state index contributed by atoms with van der Waals surface area (Å²) in [7, 11) is 0. The van der Waals surface area contributed by atoms with Crippen LogP contribution in [0.1, 0.15) is 43.1 Å². The summed E-state index contributed by atoms with van der Waals surface area (Å²) in [5.41, 5.74) is 1.65. The molecule has 0 bridgehead atoms. The molecule has 1 heterocycles. The molecule has 2 rings (SSSR count). The molecule has 1 amide bonds. The molecule has 0 fully saturated rings. The fraction of sp³-hybridized carbons (Fsp3) is 0.400. The predicted octanol–water partition coefficient (Wildman–Crippen LogP) is 3.17. The molecule has 1 N–H and O–H groups in total. The number of esters is 1. The fourth-order valence-electron chi connectivity index (χ4n) is 2.24. The van der Waals surface area contributed by atoms with Gasteiger partial charge in [0, 0.05) is 12.0 Å². The molecule has 0 saturated carbocycles. The largest absolute Gasteiger partial charge is 0.476 e. The number of hydrogen-bond donors (Lipinski definition) is 1. The monoisotopic (exact) mass is 405 g/mol. The molecular weight excluding hydrogens is 382 g/mol. The van der Waals surface area contributed by atoms with Gasteiger partial charge in [-0.25, -0.2) is 0 Å². The van der Waals surface area contributed by atoms with Crippen LogP contribution in [-0.4, -0.2) is 41.6 Å². The first kappa shape index (κ1) is 21.6. The molecule has 7 nitrogen and oxygen atoms in total. The first-order chi connectivity index (χ1) is 13.3. The second-order valence-electron chi connectivity index (χ2n) is 7.11. The van der Waals surface area contributed by atoms with Gasteiger partial charge in [-0.15, -0.1) is 0 Å². The van der Waals surface area contributed by atoms with Crippen molar-refractivity contribution in [2.45, 2.75) is 32.6 Å². The van der Waals surface area contributed by atoms with E-state index >= 15 is 0 Å². The number of aromatic nitrogens is 2. The Bertz CT molecular complexity index is 804. The van der Waals surface area contributed by atoms with Crippen LogP contribution in [0.2, 0.25) is 5.15 Å². The van der Waals surface area contributed by atoms with Crippen LogP contribution in [0.25, 0.3) is 0 Å². The quantitative estimate of drug-likeness (QED) is 0.535. The number of halogens is 1. The van der Waals surface area contributed by atoms with Gasteiger partial charge in [0.2, 0.25) is 5.88 Å². The minimum Gasteiger partial charge on any atom is -0.476 e. The summed E-state index contributed by atoms with van der Waals surface area (Å²) in [5.74, 6) is -0.522. The van der Waals surface area contributed by atoms with Crippen LogP contribution >= 0.6 is 11.6 Å². The molecule has 0 radical (unpaired) electrons.